The molecule has 1 rings (SSSR count). The fourth-order valence-electron chi connectivity index (χ4n) is 1.08. The average molecular weight is 292 g/mol. The Hall–Kier alpha value is -2.23. The first-order valence-electron chi connectivity index (χ1n) is 4.83. The van der Waals surface area contributed by atoms with Crippen LogP contribution in [0.3, 0.4) is 0 Å². The van der Waals surface area contributed by atoms with Crippen molar-refractivity contribution in [1.82, 2.24) is 0 Å². The summed E-state index contributed by atoms with van der Waals surface area (Å²) >= 11 is 0. The number of hydrogen-bond donors (Lipinski definition) is 2. The molecule has 0 heterocycles. The highest BCUT2D eigenvalue weighted by Crippen LogP contribution is 2.23. The zero-order valence-electron chi connectivity index (χ0n) is 9.53. The van der Waals surface area contributed by atoms with Gasteiger partial charge in [0.2, 0.25) is 10.0 Å². The summed E-state index contributed by atoms with van der Waals surface area (Å²) in [6.45, 7) is 0.889. The van der Waals surface area contributed by atoms with Gasteiger partial charge in [0.25, 0.3) is 5.69 Å². The number of carboxylic acids is 1. The van der Waals surface area contributed by atoms with Crippen LogP contribution < -0.4 is 4.72 Å². The van der Waals surface area contributed by atoms with Gasteiger partial charge in [-0.15, -0.1) is 0 Å². The maximum atomic E-state index is 13.3. The van der Waals surface area contributed by atoms with E-state index >= 15 is 0 Å². The molecule has 1 aromatic carbocycles. The number of halogens is 1. The summed E-state index contributed by atoms with van der Waals surface area (Å²) in [6, 6.07) is 2.23. The molecule has 0 saturated carbocycles. The predicted octanol–water partition coefficient (Wildman–Crippen LogP) is 0.949. The van der Waals surface area contributed by atoms with E-state index < -0.39 is 43.4 Å². The van der Waals surface area contributed by atoms with Crippen LogP contribution in [-0.4, -0.2) is 29.7 Å². The van der Waals surface area contributed by atoms with Crippen LogP contribution in [-0.2, 0) is 14.8 Å². The molecule has 10 heteroatoms. The number of anilines is 1. The zero-order chi connectivity index (χ0) is 14.8. The molecule has 8 nitrogen and oxygen atoms in total. The summed E-state index contributed by atoms with van der Waals surface area (Å²) in [5.41, 5.74) is -1.20. The van der Waals surface area contributed by atoms with Crippen molar-refractivity contribution >= 4 is 27.4 Å². The lowest BCUT2D eigenvalue weighted by Crippen LogP contribution is -2.32. The Labute approximate surface area is 107 Å². The van der Waals surface area contributed by atoms with Gasteiger partial charge < -0.3 is 5.11 Å². The lowest BCUT2D eigenvalue weighted by atomic mass is 10.3. The molecule has 1 unspecified atom stereocenters. The van der Waals surface area contributed by atoms with E-state index in [0.29, 0.717) is 12.1 Å². The molecule has 19 heavy (non-hydrogen) atoms. The van der Waals surface area contributed by atoms with E-state index in [1.165, 1.54) is 0 Å². The number of nitro benzene ring substituents is 1. The van der Waals surface area contributed by atoms with Crippen molar-refractivity contribution in [3.05, 3.63) is 34.1 Å². The molecule has 0 aliphatic rings. The number of sulfonamides is 1. The van der Waals surface area contributed by atoms with Crippen molar-refractivity contribution in [2.24, 2.45) is 0 Å². The van der Waals surface area contributed by atoms with E-state index in [1.54, 1.807) is 4.72 Å². The second-order valence-corrected chi connectivity index (χ2v) is 5.55. The Bertz CT molecular complexity index is 630. The number of aliphatic carboxylic acids is 1. The van der Waals surface area contributed by atoms with Crippen molar-refractivity contribution in [2.45, 2.75) is 12.2 Å². The topological polar surface area (TPSA) is 127 Å². The number of benzene rings is 1. The van der Waals surface area contributed by atoms with Crippen LogP contribution in [0.25, 0.3) is 0 Å². The van der Waals surface area contributed by atoms with Crippen molar-refractivity contribution in [3.63, 3.8) is 0 Å². The molecule has 0 aliphatic carbocycles. The Balaban J connectivity index is 3.15. The molecular formula is C9H9FN2O6S. The van der Waals surface area contributed by atoms with E-state index in [-0.39, 0.29) is 0 Å². The van der Waals surface area contributed by atoms with Gasteiger partial charge >= 0.3 is 5.97 Å². The monoisotopic (exact) mass is 292 g/mol. The van der Waals surface area contributed by atoms with Crippen molar-refractivity contribution in [1.29, 1.82) is 0 Å². The number of carboxylic acid groups (broad SMARTS) is 1. The number of nitrogens with zero attached hydrogens (tertiary/aromatic N) is 1. The lowest BCUT2D eigenvalue weighted by molar-refractivity contribution is -0.384. The molecule has 0 amide bonds. The molecule has 1 aromatic rings. The Kier molecular flexibility index (Phi) is 4.04. The molecule has 0 fully saturated rings. The maximum Gasteiger partial charge on any atom is 0.323 e. The number of carbonyl (C=O) groups is 1. The number of nitrogens with one attached hydrogen (secondary N) is 1. The molecule has 0 spiro atoms. The molecule has 0 bridgehead atoms. The first-order chi connectivity index (χ1) is 8.65. The first kappa shape index (κ1) is 14.8. The normalized spacial score (nSPS) is 12.7. The van der Waals surface area contributed by atoms with E-state index in [0.717, 1.165) is 13.0 Å². The highest BCUT2D eigenvalue weighted by atomic mass is 32.2. The van der Waals surface area contributed by atoms with Gasteiger partial charge in [0.1, 0.15) is 5.82 Å². The van der Waals surface area contributed by atoms with E-state index in [1.807, 2.05) is 0 Å². The second kappa shape index (κ2) is 5.18. The van der Waals surface area contributed by atoms with Crippen LogP contribution >= 0.6 is 0 Å². The predicted molar refractivity (Wildman–Crippen MR) is 62.7 cm³/mol. The van der Waals surface area contributed by atoms with Crippen LogP contribution in [0.4, 0.5) is 15.8 Å². The zero-order valence-corrected chi connectivity index (χ0v) is 10.3. The molecule has 0 saturated heterocycles. The molecule has 0 radical (unpaired) electrons. The maximum absolute atomic E-state index is 13.3. The standard InChI is InChI=1S/C9H9FN2O6S/c1-5(9(13)14)19(17,18)11-8-4-6(12(15)16)2-3-7(8)10/h2-5,11H,1H3,(H,13,14). The Morgan fingerprint density at radius 3 is 2.58 bits per heavy atom. The molecule has 104 valence electrons. The third-order valence-electron chi connectivity index (χ3n) is 2.23. The summed E-state index contributed by atoms with van der Waals surface area (Å²) < 4.78 is 38.1. The van der Waals surface area contributed by atoms with Crippen LogP contribution in [0.2, 0.25) is 0 Å². The summed E-state index contributed by atoms with van der Waals surface area (Å²) in [6.07, 6.45) is 0. The van der Waals surface area contributed by atoms with Crippen LogP contribution in [0.1, 0.15) is 6.92 Å². The summed E-state index contributed by atoms with van der Waals surface area (Å²) in [7, 11) is -4.39. The number of non-ortho nitro benzene ring substituents is 1. The first-order valence-corrected chi connectivity index (χ1v) is 6.38. The number of hydrogen-bond acceptors (Lipinski definition) is 5. The minimum atomic E-state index is -4.39. The molecule has 2 N–H and O–H groups in total. The molecule has 0 aromatic heterocycles. The van der Waals surface area contributed by atoms with E-state index in [9.17, 15) is 27.7 Å². The fourth-order valence-corrected chi connectivity index (χ4v) is 1.98. The van der Waals surface area contributed by atoms with Gasteiger partial charge in [0.15, 0.2) is 5.25 Å². The van der Waals surface area contributed by atoms with Gasteiger partial charge in [0, 0.05) is 12.1 Å². The van der Waals surface area contributed by atoms with Crippen LogP contribution in [0.15, 0.2) is 18.2 Å². The second-order valence-electron chi connectivity index (χ2n) is 3.55. The van der Waals surface area contributed by atoms with Gasteiger partial charge in [-0.25, -0.2) is 12.8 Å². The highest BCUT2D eigenvalue weighted by molar-refractivity contribution is 7.94. The van der Waals surface area contributed by atoms with Crippen molar-refractivity contribution in [2.75, 3.05) is 4.72 Å². The number of rotatable bonds is 5. The average Bonchev–Trinajstić information content (AvgIpc) is 2.30. The van der Waals surface area contributed by atoms with Crippen LogP contribution in [0.5, 0.6) is 0 Å². The van der Waals surface area contributed by atoms with Gasteiger partial charge in [-0.1, -0.05) is 0 Å². The number of nitro groups is 1. The Morgan fingerprint density at radius 2 is 2.11 bits per heavy atom. The van der Waals surface area contributed by atoms with Crippen LogP contribution in [0, 0.1) is 15.9 Å². The minimum absolute atomic E-state index is 0.526. The quantitative estimate of drug-likeness (QED) is 0.614. The fraction of sp³-hybridized carbons (Fsp3) is 0.222. The smallest absolute Gasteiger partial charge is 0.323 e. The van der Waals surface area contributed by atoms with E-state index in [2.05, 4.69) is 0 Å². The summed E-state index contributed by atoms with van der Waals surface area (Å²) in [5.74, 6) is -2.68. The SMILES string of the molecule is CC(C(=O)O)S(=O)(=O)Nc1cc([N+](=O)[O-])ccc1F. The lowest BCUT2D eigenvalue weighted by Gasteiger charge is -2.11. The highest BCUT2D eigenvalue weighted by Gasteiger charge is 2.28. The van der Waals surface area contributed by atoms with Gasteiger partial charge in [-0.3, -0.25) is 19.6 Å². The minimum Gasteiger partial charge on any atom is -0.480 e. The van der Waals surface area contributed by atoms with Gasteiger partial charge in [0.05, 0.1) is 10.6 Å². The third-order valence-corrected chi connectivity index (χ3v) is 3.86. The largest absolute Gasteiger partial charge is 0.480 e. The van der Waals surface area contributed by atoms with E-state index in [4.69, 9.17) is 5.11 Å². The van der Waals surface area contributed by atoms with Crippen molar-refractivity contribution < 1.29 is 27.6 Å². The molecular weight excluding hydrogens is 283 g/mol. The third kappa shape index (κ3) is 3.37. The Morgan fingerprint density at radius 1 is 1.53 bits per heavy atom. The molecule has 0 aliphatic heterocycles. The van der Waals surface area contributed by atoms with Gasteiger partial charge in [-0.05, 0) is 13.0 Å². The summed E-state index contributed by atoms with van der Waals surface area (Å²) in [4.78, 5) is 20.2. The van der Waals surface area contributed by atoms with Crippen molar-refractivity contribution in [3.8, 4) is 0 Å². The summed E-state index contributed by atoms with van der Waals surface area (Å²) in [5, 5.41) is 17.2. The molecule has 1 atom stereocenters. The van der Waals surface area contributed by atoms with Gasteiger partial charge in [-0.2, -0.15) is 0 Å².